The summed E-state index contributed by atoms with van der Waals surface area (Å²) in [6, 6.07) is 2.39. The Kier molecular flexibility index (Phi) is 7.14. The number of halogens is 1. The monoisotopic (exact) mass is 315 g/mol. The summed E-state index contributed by atoms with van der Waals surface area (Å²) in [6.07, 6.45) is 1.99. The number of hydrogen-bond acceptors (Lipinski definition) is 4. The molecule has 120 valence electrons. The van der Waals surface area contributed by atoms with Crippen molar-refractivity contribution in [1.29, 1.82) is 0 Å². The Balaban J connectivity index is 0.00000220. The van der Waals surface area contributed by atoms with Crippen molar-refractivity contribution in [2.45, 2.75) is 26.4 Å². The van der Waals surface area contributed by atoms with Gasteiger partial charge in [-0.15, -0.1) is 12.4 Å². The van der Waals surface area contributed by atoms with E-state index in [2.05, 4.69) is 24.3 Å². The minimum absolute atomic E-state index is 0. The van der Waals surface area contributed by atoms with Gasteiger partial charge < -0.3 is 10.2 Å². The Morgan fingerprint density at radius 2 is 2.10 bits per heavy atom. The molecule has 1 aliphatic heterocycles. The summed E-state index contributed by atoms with van der Waals surface area (Å²) in [5.41, 5.74) is 1.01. The fourth-order valence-corrected chi connectivity index (χ4v) is 2.33. The van der Waals surface area contributed by atoms with E-state index in [1.54, 1.807) is 0 Å². The van der Waals surface area contributed by atoms with Crippen molar-refractivity contribution in [3.05, 3.63) is 18.0 Å². The lowest BCUT2D eigenvalue weighted by molar-refractivity contribution is -0.132. The highest BCUT2D eigenvalue weighted by molar-refractivity contribution is 5.85. The summed E-state index contributed by atoms with van der Waals surface area (Å²) in [4.78, 5) is 16.1. The molecule has 1 aromatic rings. The molecular weight excluding hydrogens is 290 g/mol. The quantitative estimate of drug-likeness (QED) is 0.871. The molecule has 21 heavy (non-hydrogen) atoms. The van der Waals surface area contributed by atoms with Gasteiger partial charge in [0.05, 0.1) is 12.2 Å². The van der Waals surface area contributed by atoms with Crippen LogP contribution in [0.5, 0.6) is 0 Å². The van der Waals surface area contributed by atoms with Gasteiger partial charge in [-0.05, 0) is 27.0 Å². The van der Waals surface area contributed by atoms with Gasteiger partial charge >= 0.3 is 0 Å². The third kappa shape index (κ3) is 5.30. The Morgan fingerprint density at radius 3 is 2.67 bits per heavy atom. The maximum Gasteiger partial charge on any atom is 0.236 e. The molecule has 1 aliphatic rings. The molecule has 1 saturated heterocycles. The van der Waals surface area contributed by atoms with Crippen molar-refractivity contribution in [3.8, 4) is 0 Å². The molecule has 2 heterocycles. The van der Waals surface area contributed by atoms with E-state index in [1.807, 2.05) is 33.8 Å². The number of nitrogens with zero attached hydrogens (tertiary/aromatic N) is 4. The molecule has 0 saturated carbocycles. The third-order valence-electron chi connectivity index (χ3n) is 3.50. The van der Waals surface area contributed by atoms with E-state index in [0.29, 0.717) is 19.1 Å². The van der Waals surface area contributed by atoms with Gasteiger partial charge in [0, 0.05) is 45.0 Å². The average molecular weight is 316 g/mol. The zero-order chi connectivity index (χ0) is 14.5. The second-order valence-electron chi connectivity index (χ2n) is 5.68. The molecule has 0 radical (unpaired) electrons. The normalized spacial score (nSPS) is 15.4. The average Bonchev–Trinajstić information content (AvgIpc) is 2.88. The first-order valence-electron chi connectivity index (χ1n) is 7.27. The largest absolute Gasteiger partial charge is 0.339 e. The van der Waals surface area contributed by atoms with E-state index in [-0.39, 0.29) is 18.3 Å². The molecule has 0 spiro atoms. The highest BCUT2D eigenvalue weighted by atomic mass is 35.5. The third-order valence-corrected chi connectivity index (χ3v) is 3.50. The van der Waals surface area contributed by atoms with E-state index in [9.17, 15) is 4.79 Å². The Labute approximate surface area is 132 Å². The zero-order valence-corrected chi connectivity index (χ0v) is 13.9. The van der Waals surface area contributed by atoms with Crippen LogP contribution in [0.2, 0.25) is 0 Å². The molecule has 1 amide bonds. The molecule has 1 aromatic heterocycles. The topological polar surface area (TPSA) is 53.4 Å². The van der Waals surface area contributed by atoms with Crippen molar-refractivity contribution in [1.82, 2.24) is 24.9 Å². The zero-order valence-electron chi connectivity index (χ0n) is 13.1. The van der Waals surface area contributed by atoms with Crippen molar-refractivity contribution >= 4 is 18.3 Å². The van der Waals surface area contributed by atoms with Crippen LogP contribution >= 0.6 is 12.4 Å². The first kappa shape index (κ1) is 17.9. The Bertz CT molecular complexity index is 442. The van der Waals surface area contributed by atoms with E-state index >= 15 is 0 Å². The van der Waals surface area contributed by atoms with E-state index in [1.165, 1.54) is 0 Å². The van der Waals surface area contributed by atoms with Gasteiger partial charge in [-0.1, -0.05) is 0 Å². The van der Waals surface area contributed by atoms with Gasteiger partial charge in [0.1, 0.15) is 0 Å². The fraction of sp³-hybridized carbons (Fsp3) is 0.714. The van der Waals surface area contributed by atoms with Crippen LogP contribution < -0.4 is 5.32 Å². The number of carbonyl (C=O) groups excluding carboxylic acids is 1. The number of aromatic nitrogens is 2. The summed E-state index contributed by atoms with van der Waals surface area (Å²) in [5.74, 6) is 0.206. The minimum atomic E-state index is 0. The number of amides is 1. The Hall–Kier alpha value is -1.11. The SMILES string of the molecule is CC(C)n1ccc(CN(C)CC(=O)N2CCNCC2)n1.Cl. The number of likely N-dealkylation sites (N-methyl/N-ethyl adjacent to an activating group) is 1. The van der Waals surface area contributed by atoms with Crippen molar-refractivity contribution < 1.29 is 4.79 Å². The van der Waals surface area contributed by atoms with E-state index in [4.69, 9.17) is 0 Å². The fourth-order valence-electron chi connectivity index (χ4n) is 2.33. The lowest BCUT2D eigenvalue weighted by Crippen LogP contribution is -2.49. The molecule has 6 nitrogen and oxygen atoms in total. The van der Waals surface area contributed by atoms with Crippen LogP contribution in [0.4, 0.5) is 0 Å². The first-order valence-corrected chi connectivity index (χ1v) is 7.27. The van der Waals surface area contributed by atoms with E-state index < -0.39 is 0 Å². The number of carbonyl (C=O) groups is 1. The molecular formula is C14H26ClN5O. The molecule has 0 aliphatic carbocycles. The van der Waals surface area contributed by atoms with Crippen molar-refractivity contribution in [3.63, 3.8) is 0 Å². The van der Waals surface area contributed by atoms with Gasteiger partial charge in [0.2, 0.25) is 5.91 Å². The predicted molar refractivity (Wildman–Crippen MR) is 85.6 cm³/mol. The van der Waals surface area contributed by atoms with Crippen LogP contribution in [-0.4, -0.2) is 65.3 Å². The highest BCUT2D eigenvalue weighted by Crippen LogP contribution is 2.06. The smallest absolute Gasteiger partial charge is 0.236 e. The lowest BCUT2D eigenvalue weighted by atomic mass is 10.3. The standard InChI is InChI=1S/C14H25N5O.ClH/c1-12(2)19-7-4-13(16-19)10-17(3)11-14(20)18-8-5-15-6-9-18;/h4,7,12,15H,5-6,8-11H2,1-3H3;1H. The Morgan fingerprint density at radius 1 is 1.43 bits per heavy atom. The minimum Gasteiger partial charge on any atom is -0.339 e. The van der Waals surface area contributed by atoms with Crippen molar-refractivity contribution in [2.24, 2.45) is 0 Å². The maximum atomic E-state index is 12.1. The summed E-state index contributed by atoms with van der Waals surface area (Å²) in [5, 5.41) is 7.77. The van der Waals surface area contributed by atoms with Crippen molar-refractivity contribution in [2.75, 3.05) is 39.8 Å². The highest BCUT2D eigenvalue weighted by Gasteiger charge is 2.18. The lowest BCUT2D eigenvalue weighted by Gasteiger charge is -2.29. The molecule has 0 atom stereocenters. The van der Waals surface area contributed by atoms with Crippen LogP contribution in [0.1, 0.15) is 25.6 Å². The van der Waals surface area contributed by atoms with E-state index in [0.717, 1.165) is 31.9 Å². The number of hydrogen-bond donors (Lipinski definition) is 1. The summed E-state index contributed by atoms with van der Waals surface area (Å²) < 4.78 is 1.95. The number of rotatable bonds is 5. The van der Waals surface area contributed by atoms with Crippen LogP contribution in [0, 0.1) is 0 Å². The van der Waals surface area contributed by atoms with Crippen LogP contribution in [0.25, 0.3) is 0 Å². The van der Waals surface area contributed by atoms with Gasteiger partial charge in [0.25, 0.3) is 0 Å². The molecule has 0 unspecified atom stereocenters. The van der Waals surface area contributed by atoms with Gasteiger partial charge in [-0.25, -0.2) is 0 Å². The van der Waals surface area contributed by atoms with Crippen LogP contribution in [-0.2, 0) is 11.3 Å². The number of piperazine rings is 1. The summed E-state index contributed by atoms with van der Waals surface area (Å²) >= 11 is 0. The number of nitrogens with one attached hydrogen (secondary N) is 1. The second-order valence-corrected chi connectivity index (χ2v) is 5.68. The molecule has 7 heteroatoms. The summed E-state index contributed by atoms with van der Waals surface area (Å²) in [6.45, 7) is 8.79. The predicted octanol–water partition coefficient (Wildman–Crippen LogP) is 0.749. The first-order chi connectivity index (χ1) is 9.56. The van der Waals surface area contributed by atoms with Gasteiger partial charge in [-0.3, -0.25) is 14.4 Å². The molecule has 1 fully saturated rings. The van der Waals surface area contributed by atoms with Gasteiger partial charge in [-0.2, -0.15) is 5.10 Å². The van der Waals surface area contributed by atoms with Crippen LogP contribution in [0.3, 0.4) is 0 Å². The molecule has 0 aromatic carbocycles. The molecule has 0 bridgehead atoms. The second kappa shape index (κ2) is 8.36. The van der Waals surface area contributed by atoms with Gasteiger partial charge in [0.15, 0.2) is 0 Å². The van der Waals surface area contributed by atoms with Crippen LogP contribution in [0.15, 0.2) is 12.3 Å². The molecule has 2 rings (SSSR count). The molecule has 1 N–H and O–H groups in total. The maximum absolute atomic E-state index is 12.1. The summed E-state index contributed by atoms with van der Waals surface area (Å²) in [7, 11) is 1.97.